The van der Waals surface area contributed by atoms with Crippen molar-refractivity contribution >= 4 is 60.7 Å². The van der Waals surface area contributed by atoms with Gasteiger partial charge < -0.3 is 4.74 Å². The van der Waals surface area contributed by atoms with E-state index < -0.39 is 124 Å². The summed E-state index contributed by atoms with van der Waals surface area (Å²) in [4.78, 5) is -2.14. The van der Waals surface area contributed by atoms with Gasteiger partial charge in [0.05, 0.1) is 93.1 Å². The first-order chi connectivity index (χ1) is 35.9. The summed E-state index contributed by atoms with van der Waals surface area (Å²) < 4.78 is 206. The Balaban J connectivity index is 1.48. The van der Waals surface area contributed by atoms with Crippen LogP contribution in [0.1, 0.15) is 33.4 Å². The van der Waals surface area contributed by atoms with Gasteiger partial charge >= 0.3 is 0 Å². The summed E-state index contributed by atoms with van der Waals surface area (Å²) in [5.74, 6) is 0. The maximum atomic E-state index is 13.9. The highest BCUT2D eigenvalue weighted by Gasteiger charge is 2.43. The van der Waals surface area contributed by atoms with Gasteiger partial charge in [-0.1, -0.05) is 106 Å². The summed E-state index contributed by atoms with van der Waals surface area (Å²) in [7, 11) is -28.6. The third kappa shape index (κ3) is 16.9. The molecule has 6 rings (SSSR count). The fourth-order valence-electron chi connectivity index (χ4n) is 6.84. The molecule has 25 heteroatoms. The third-order valence-corrected chi connectivity index (χ3v) is 19.5. The van der Waals surface area contributed by atoms with E-state index >= 15 is 0 Å². The van der Waals surface area contributed by atoms with Gasteiger partial charge in [-0.3, -0.25) is 25.1 Å². The van der Waals surface area contributed by atoms with Gasteiger partial charge in [-0.25, -0.2) is 0 Å². The normalized spacial score (nSPS) is 13.2. The zero-order valence-corrected chi connectivity index (χ0v) is 47.6. The van der Waals surface area contributed by atoms with E-state index in [-0.39, 0.29) is 29.4 Å². The van der Waals surface area contributed by atoms with Crippen molar-refractivity contribution in [1.29, 1.82) is 0 Å². The van der Waals surface area contributed by atoms with Crippen LogP contribution < -0.4 is 0 Å². The summed E-state index contributed by atoms with van der Waals surface area (Å²) in [6.45, 7) is 1.31. The Bertz CT molecular complexity index is 3040. The first-order valence-corrected chi connectivity index (χ1v) is 31.7. The van der Waals surface area contributed by atoms with Crippen LogP contribution >= 0.6 is 0 Å². The molecule has 0 atom stereocenters. The van der Waals surface area contributed by atoms with Crippen molar-refractivity contribution in [2.75, 3.05) is 52.9 Å². The van der Waals surface area contributed by atoms with E-state index in [0.29, 0.717) is 33.4 Å². The maximum Gasteiger partial charge on any atom is 0.296 e. The van der Waals surface area contributed by atoms with Gasteiger partial charge in [0.25, 0.3) is 60.7 Å². The Morgan fingerprint density at radius 2 is 0.364 bits per heavy atom. The van der Waals surface area contributed by atoms with Gasteiger partial charge in [0.1, 0.15) is 0 Å². The quantitative estimate of drug-likeness (QED) is 0.0437. The fraction of sp³-hybridized carbons (Fsp3) is 0.308. The Morgan fingerprint density at radius 1 is 0.234 bits per heavy atom. The van der Waals surface area contributed by atoms with E-state index in [1.165, 1.54) is 146 Å². The molecular formula is C52H58O19S6. The second-order valence-corrected chi connectivity index (χ2v) is 28.4. The van der Waals surface area contributed by atoms with Gasteiger partial charge in [-0.15, -0.1) is 0 Å². The smallest absolute Gasteiger partial charge is 0.296 e. The topological polar surface area (TPSA) is 269 Å². The second kappa shape index (κ2) is 24.8. The van der Waals surface area contributed by atoms with Crippen LogP contribution in [-0.4, -0.2) is 103 Å². The van der Waals surface area contributed by atoms with Crippen LogP contribution in [0, 0.1) is 52.4 Å². The van der Waals surface area contributed by atoms with Crippen molar-refractivity contribution < 1.29 is 80.3 Å². The van der Waals surface area contributed by atoms with Crippen LogP contribution in [0.2, 0.25) is 0 Å². The van der Waals surface area contributed by atoms with Crippen molar-refractivity contribution in [3.8, 4) is 0 Å². The molecule has 0 aromatic heterocycles. The number of ether oxygens (including phenoxy) is 1. The zero-order valence-electron chi connectivity index (χ0n) is 42.7. The first-order valence-electron chi connectivity index (χ1n) is 23.3. The fourth-order valence-corrected chi connectivity index (χ4v) is 12.9. The predicted molar refractivity (Wildman–Crippen MR) is 282 cm³/mol. The van der Waals surface area contributed by atoms with Crippen molar-refractivity contribution in [3.05, 3.63) is 179 Å². The predicted octanol–water partition coefficient (Wildman–Crippen LogP) is 7.26. The SMILES string of the molecule is Cc1ccc(S(=O)(=O)OCC(COCC(COS(=O)(=O)c2ccc(C)cc2)(COS(=O)(=O)c2ccc(C)cc2)COS(=O)(=O)c2ccc(C)cc2)(COS(=O)(=O)c2ccc(C)cc2)COS(=O)(=O)c2ccc(C)cc2)cc1. The highest BCUT2D eigenvalue weighted by atomic mass is 32.2. The third-order valence-electron chi connectivity index (χ3n) is 11.8. The Labute approximate surface area is 451 Å². The molecular weight excluding hydrogens is 1120 g/mol. The Morgan fingerprint density at radius 3 is 0.494 bits per heavy atom. The largest absolute Gasteiger partial charge is 0.380 e. The molecule has 6 aromatic carbocycles. The minimum absolute atomic E-state index is 0.357. The molecule has 0 heterocycles. The molecule has 0 spiro atoms. The molecule has 0 radical (unpaired) electrons. The number of rotatable bonds is 28. The van der Waals surface area contributed by atoms with Crippen molar-refractivity contribution in [2.45, 2.75) is 70.9 Å². The van der Waals surface area contributed by atoms with E-state index in [1.807, 2.05) is 0 Å². The van der Waals surface area contributed by atoms with E-state index in [9.17, 15) is 50.5 Å². The van der Waals surface area contributed by atoms with Gasteiger partial charge in [-0.2, -0.15) is 50.5 Å². The highest BCUT2D eigenvalue weighted by molar-refractivity contribution is 7.88. The van der Waals surface area contributed by atoms with Crippen molar-refractivity contribution in [1.82, 2.24) is 0 Å². The molecule has 77 heavy (non-hydrogen) atoms. The number of benzene rings is 6. The van der Waals surface area contributed by atoms with Gasteiger partial charge in [0.15, 0.2) is 0 Å². The average Bonchev–Trinajstić information content (AvgIpc) is 3.39. The number of aryl methyl sites for hydroxylation is 6. The molecule has 0 N–H and O–H groups in total. The lowest BCUT2D eigenvalue weighted by atomic mass is 9.91. The van der Waals surface area contributed by atoms with Crippen LogP contribution in [0.5, 0.6) is 0 Å². The molecule has 0 fully saturated rings. The summed E-state index contributed by atoms with van der Waals surface area (Å²) in [6, 6.07) is 32.5. The second-order valence-electron chi connectivity index (χ2n) is 18.7. The molecule has 0 saturated heterocycles. The standard InChI is InChI=1S/C52H58O19S6/c1-39-7-19-45(20-8-39)72(53,54)66-33-51(34-67-73(55,56)46-21-9-40(2)10-22-46,35-68-74(57,58)47-23-11-41(3)12-24-47)31-65-32-52(36-69-75(59,60)48-25-13-42(4)14-26-48,37-70-76(61,62)49-27-15-43(5)16-28-49)38-71-77(63,64)50-29-17-44(6)18-30-50/h7-30H,31-38H2,1-6H3. The molecule has 0 saturated carbocycles. The van der Waals surface area contributed by atoms with E-state index in [0.717, 1.165) is 0 Å². The van der Waals surface area contributed by atoms with Crippen LogP contribution in [0.25, 0.3) is 0 Å². The van der Waals surface area contributed by atoms with Crippen molar-refractivity contribution in [2.24, 2.45) is 10.8 Å². The van der Waals surface area contributed by atoms with Gasteiger partial charge in [-0.05, 0) is 114 Å². The lowest BCUT2D eigenvalue weighted by Gasteiger charge is -2.35. The molecule has 19 nitrogen and oxygen atoms in total. The highest BCUT2D eigenvalue weighted by Crippen LogP contribution is 2.32. The van der Waals surface area contributed by atoms with Crippen LogP contribution in [0.4, 0.5) is 0 Å². The van der Waals surface area contributed by atoms with E-state index in [2.05, 4.69) is 0 Å². The maximum absolute atomic E-state index is 13.9. The average molecular weight is 1180 g/mol. The Kier molecular flexibility index (Phi) is 19.6. The molecule has 0 aliphatic heterocycles. The van der Waals surface area contributed by atoms with Gasteiger partial charge in [0, 0.05) is 0 Å². The van der Waals surface area contributed by atoms with E-state index in [1.54, 1.807) is 41.5 Å². The molecule has 0 aliphatic carbocycles. The molecule has 0 amide bonds. The number of hydrogen-bond donors (Lipinski definition) is 0. The van der Waals surface area contributed by atoms with Crippen molar-refractivity contribution in [3.63, 3.8) is 0 Å². The monoisotopic (exact) mass is 1180 g/mol. The van der Waals surface area contributed by atoms with Crippen LogP contribution in [0.15, 0.2) is 175 Å². The van der Waals surface area contributed by atoms with Gasteiger partial charge in [0.2, 0.25) is 0 Å². The molecule has 0 aliphatic rings. The summed E-state index contributed by atoms with van der Waals surface area (Å²) >= 11 is 0. The molecule has 0 unspecified atom stereocenters. The lowest BCUT2D eigenvalue weighted by molar-refractivity contribution is -0.0836. The summed E-state index contributed by atoms with van der Waals surface area (Å²) in [6.07, 6.45) is 0. The van der Waals surface area contributed by atoms with Crippen LogP contribution in [0.3, 0.4) is 0 Å². The minimum Gasteiger partial charge on any atom is -0.380 e. The molecule has 416 valence electrons. The zero-order chi connectivity index (χ0) is 56.5. The molecule has 0 bridgehead atoms. The Hall–Kier alpha value is -5.26. The minimum atomic E-state index is -4.77. The lowest BCUT2D eigenvalue weighted by Crippen LogP contribution is -2.47. The molecule has 6 aromatic rings. The van der Waals surface area contributed by atoms with E-state index in [4.69, 9.17) is 29.8 Å². The van der Waals surface area contributed by atoms with Crippen LogP contribution in [-0.2, 0) is 90.5 Å². The number of hydrogen-bond acceptors (Lipinski definition) is 19. The first kappa shape index (κ1) is 61.0. The summed E-state index contributed by atoms with van der Waals surface area (Å²) in [5.41, 5.74) is -0.580. The summed E-state index contributed by atoms with van der Waals surface area (Å²) in [5, 5.41) is 0.